The van der Waals surface area contributed by atoms with Gasteiger partial charge in [0.2, 0.25) is 5.91 Å². The van der Waals surface area contributed by atoms with Crippen LogP contribution in [0.2, 0.25) is 5.02 Å². The number of carbonyl (C=O) groups excluding carboxylic acids is 1. The first kappa shape index (κ1) is 14.0. The number of morpholine rings is 1. The van der Waals surface area contributed by atoms with Gasteiger partial charge in [0.1, 0.15) is 0 Å². The van der Waals surface area contributed by atoms with E-state index in [1.165, 1.54) is 0 Å². The van der Waals surface area contributed by atoms with Crippen molar-refractivity contribution in [1.82, 2.24) is 4.90 Å². The van der Waals surface area contributed by atoms with Crippen LogP contribution in [0, 0.1) is 0 Å². The summed E-state index contributed by atoms with van der Waals surface area (Å²) in [6, 6.07) is 5.32. The highest BCUT2D eigenvalue weighted by atomic mass is 35.5. The molecular formula is C13H18ClN3O2. The minimum atomic E-state index is -0.0206. The number of rotatable bonds is 3. The van der Waals surface area contributed by atoms with Crippen molar-refractivity contribution in [1.29, 1.82) is 0 Å². The van der Waals surface area contributed by atoms with Crippen molar-refractivity contribution >= 4 is 28.9 Å². The number of ether oxygens (including phenoxy) is 1. The molecule has 1 aromatic rings. The van der Waals surface area contributed by atoms with Crippen molar-refractivity contribution < 1.29 is 9.53 Å². The van der Waals surface area contributed by atoms with Gasteiger partial charge in [0.15, 0.2) is 0 Å². The minimum absolute atomic E-state index is 0.0206. The predicted molar refractivity (Wildman–Crippen MR) is 76.3 cm³/mol. The van der Waals surface area contributed by atoms with Gasteiger partial charge in [-0.25, -0.2) is 0 Å². The molecular weight excluding hydrogens is 266 g/mol. The molecule has 1 aliphatic rings. The van der Waals surface area contributed by atoms with Gasteiger partial charge in [-0.1, -0.05) is 11.6 Å². The van der Waals surface area contributed by atoms with Crippen molar-refractivity contribution in [3.63, 3.8) is 0 Å². The molecule has 1 atom stereocenters. The van der Waals surface area contributed by atoms with E-state index in [0.717, 1.165) is 5.69 Å². The SMILES string of the molecule is CC(=O)N1CCO[C@@H](CNc2ccc(Cl)cc2N)C1. The van der Waals surface area contributed by atoms with E-state index in [9.17, 15) is 4.79 Å². The molecule has 1 heterocycles. The van der Waals surface area contributed by atoms with Gasteiger partial charge in [0.05, 0.1) is 24.1 Å². The molecule has 0 saturated carbocycles. The zero-order chi connectivity index (χ0) is 13.8. The van der Waals surface area contributed by atoms with E-state index in [4.69, 9.17) is 22.1 Å². The van der Waals surface area contributed by atoms with Crippen molar-refractivity contribution in [2.24, 2.45) is 0 Å². The highest BCUT2D eigenvalue weighted by molar-refractivity contribution is 6.31. The maximum Gasteiger partial charge on any atom is 0.219 e. The highest BCUT2D eigenvalue weighted by Crippen LogP contribution is 2.22. The number of halogens is 1. The monoisotopic (exact) mass is 283 g/mol. The van der Waals surface area contributed by atoms with Crippen LogP contribution in [0.4, 0.5) is 11.4 Å². The molecule has 0 aliphatic carbocycles. The molecule has 0 radical (unpaired) electrons. The number of amides is 1. The summed E-state index contributed by atoms with van der Waals surface area (Å²) >= 11 is 5.84. The average molecular weight is 284 g/mol. The standard InChI is InChI=1S/C13H18ClN3O2/c1-9(18)17-4-5-19-11(8-17)7-16-13-3-2-10(14)6-12(13)15/h2-3,6,11,16H,4-5,7-8,15H2,1H3/t11-/m0/s1. The first-order valence-electron chi connectivity index (χ1n) is 6.22. The molecule has 1 amide bonds. The molecule has 1 saturated heterocycles. The van der Waals surface area contributed by atoms with E-state index < -0.39 is 0 Å². The van der Waals surface area contributed by atoms with Crippen LogP contribution in [-0.2, 0) is 9.53 Å². The molecule has 104 valence electrons. The number of nitrogens with one attached hydrogen (secondary N) is 1. The number of hydrogen-bond acceptors (Lipinski definition) is 4. The maximum atomic E-state index is 11.3. The Morgan fingerprint density at radius 3 is 3.11 bits per heavy atom. The molecule has 0 unspecified atom stereocenters. The van der Waals surface area contributed by atoms with Crippen LogP contribution in [0.15, 0.2) is 18.2 Å². The average Bonchev–Trinajstić information content (AvgIpc) is 2.38. The Bertz CT molecular complexity index is 467. The van der Waals surface area contributed by atoms with E-state index in [1.54, 1.807) is 24.0 Å². The lowest BCUT2D eigenvalue weighted by atomic mass is 10.2. The van der Waals surface area contributed by atoms with Gasteiger partial charge in [-0.05, 0) is 18.2 Å². The summed E-state index contributed by atoms with van der Waals surface area (Å²) in [7, 11) is 0. The van der Waals surface area contributed by atoms with E-state index in [0.29, 0.717) is 37.0 Å². The molecule has 5 nitrogen and oxygen atoms in total. The smallest absolute Gasteiger partial charge is 0.219 e. The number of nitrogens with zero attached hydrogens (tertiary/aromatic N) is 1. The number of nitrogen functional groups attached to an aromatic ring is 1. The summed E-state index contributed by atoms with van der Waals surface area (Å²) in [6.07, 6.45) is -0.0206. The highest BCUT2D eigenvalue weighted by Gasteiger charge is 2.21. The van der Waals surface area contributed by atoms with E-state index in [2.05, 4.69) is 5.32 Å². The van der Waals surface area contributed by atoms with E-state index >= 15 is 0 Å². The van der Waals surface area contributed by atoms with E-state index in [-0.39, 0.29) is 12.0 Å². The normalized spacial score (nSPS) is 19.3. The Labute approximate surface area is 117 Å². The van der Waals surface area contributed by atoms with Crippen molar-refractivity contribution in [3.05, 3.63) is 23.2 Å². The van der Waals surface area contributed by atoms with Crippen molar-refractivity contribution in [2.45, 2.75) is 13.0 Å². The molecule has 2 rings (SSSR count). The van der Waals surface area contributed by atoms with Gasteiger partial charge >= 0.3 is 0 Å². The number of hydrogen-bond donors (Lipinski definition) is 2. The number of anilines is 2. The largest absolute Gasteiger partial charge is 0.397 e. The maximum absolute atomic E-state index is 11.3. The predicted octanol–water partition coefficient (Wildman–Crippen LogP) is 1.58. The molecule has 3 N–H and O–H groups in total. The summed E-state index contributed by atoms with van der Waals surface area (Å²) in [4.78, 5) is 13.1. The lowest BCUT2D eigenvalue weighted by Gasteiger charge is -2.32. The minimum Gasteiger partial charge on any atom is -0.397 e. The van der Waals surface area contributed by atoms with Gasteiger partial charge in [0, 0.05) is 31.6 Å². The van der Waals surface area contributed by atoms with Gasteiger partial charge in [-0.3, -0.25) is 4.79 Å². The Balaban J connectivity index is 1.89. The van der Waals surface area contributed by atoms with Crippen molar-refractivity contribution in [3.8, 4) is 0 Å². The third-order valence-electron chi connectivity index (χ3n) is 3.12. The summed E-state index contributed by atoms with van der Waals surface area (Å²) in [5.74, 6) is 0.0827. The molecule has 1 fully saturated rings. The van der Waals surface area contributed by atoms with Gasteiger partial charge in [-0.15, -0.1) is 0 Å². The summed E-state index contributed by atoms with van der Waals surface area (Å²) in [5.41, 5.74) is 7.29. The molecule has 1 aliphatic heterocycles. The zero-order valence-electron chi connectivity index (χ0n) is 10.9. The third-order valence-corrected chi connectivity index (χ3v) is 3.35. The molecule has 0 spiro atoms. The number of nitrogens with two attached hydrogens (primary N) is 1. The lowest BCUT2D eigenvalue weighted by Crippen LogP contribution is -2.47. The van der Waals surface area contributed by atoms with Crippen LogP contribution in [0.5, 0.6) is 0 Å². The molecule has 1 aromatic carbocycles. The third kappa shape index (κ3) is 3.75. The van der Waals surface area contributed by atoms with Gasteiger partial charge < -0.3 is 20.7 Å². The van der Waals surface area contributed by atoms with Crippen LogP contribution in [0.1, 0.15) is 6.92 Å². The van der Waals surface area contributed by atoms with Crippen molar-refractivity contribution in [2.75, 3.05) is 37.3 Å². The molecule has 0 aromatic heterocycles. The second kappa shape index (κ2) is 6.12. The fourth-order valence-corrected chi connectivity index (χ4v) is 2.23. The number of benzene rings is 1. The number of carbonyl (C=O) groups is 1. The second-order valence-electron chi connectivity index (χ2n) is 4.57. The Hall–Kier alpha value is -1.46. The van der Waals surface area contributed by atoms with Crippen LogP contribution in [0.3, 0.4) is 0 Å². The molecule has 19 heavy (non-hydrogen) atoms. The van der Waals surface area contributed by atoms with Gasteiger partial charge in [-0.2, -0.15) is 0 Å². The van der Waals surface area contributed by atoms with Crippen LogP contribution < -0.4 is 11.1 Å². The van der Waals surface area contributed by atoms with Crippen LogP contribution in [-0.4, -0.2) is 43.2 Å². The molecule has 6 heteroatoms. The Morgan fingerprint density at radius 2 is 2.42 bits per heavy atom. The lowest BCUT2D eigenvalue weighted by molar-refractivity contribution is -0.135. The fourth-order valence-electron chi connectivity index (χ4n) is 2.05. The molecule has 0 bridgehead atoms. The topological polar surface area (TPSA) is 67.6 Å². The summed E-state index contributed by atoms with van der Waals surface area (Å²) in [5, 5.41) is 3.83. The quantitative estimate of drug-likeness (QED) is 0.827. The second-order valence-corrected chi connectivity index (χ2v) is 5.01. The van der Waals surface area contributed by atoms with Crippen LogP contribution >= 0.6 is 11.6 Å². The fraction of sp³-hybridized carbons (Fsp3) is 0.462. The summed E-state index contributed by atoms with van der Waals surface area (Å²) < 4.78 is 5.62. The van der Waals surface area contributed by atoms with Gasteiger partial charge in [0.25, 0.3) is 0 Å². The first-order chi connectivity index (χ1) is 9.06. The van der Waals surface area contributed by atoms with E-state index in [1.807, 2.05) is 6.07 Å². The zero-order valence-corrected chi connectivity index (χ0v) is 11.6. The first-order valence-corrected chi connectivity index (χ1v) is 6.60. The Kier molecular flexibility index (Phi) is 4.50. The Morgan fingerprint density at radius 1 is 1.63 bits per heavy atom. The van der Waals surface area contributed by atoms with Crippen LogP contribution in [0.25, 0.3) is 0 Å². The summed E-state index contributed by atoms with van der Waals surface area (Å²) in [6.45, 7) is 4.02.